The molecule has 3 aromatic rings. The molecular formula is C22H16O3S. The lowest BCUT2D eigenvalue weighted by molar-refractivity contribution is -0.136. The second-order valence-corrected chi connectivity index (χ2v) is 7.06. The molecule has 0 saturated carbocycles. The van der Waals surface area contributed by atoms with Crippen LogP contribution >= 0.6 is 11.3 Å². The minimum Gasteiger partial charge on any atom is -0.454 e. The van der Waals surface area contributed by atoms with Crippen molar-refractivity contribution >= 4 is 29.2 Å². The largest absolute Gasteiger partial charge is 0.454 e. The van der Waals surface area contributed by atoms with Gasteiger partial charge in [-0.15, -0.1) is 11.3 Å². The summed E-state index contributed by atoms with van der Waals surface area (Å²) in [7, 11) is 0. The van der Waals surface area contributed by atoms with E-state index in [1.54, 1.807) is 6.08 Å². The summed E-state index contributed by atoms with van der Waals surface area (Å²) in [6, 6.07) is 17.7. The SMILES string of the molecule is O=C(/C=C/c1cccs1)OCC(=O)c1ccc2c(c1)-c1ccccc1C2. The summed E-state index contributed by atoms with van der Waals surface area (Å²) >= 11 is 1.53. The van der Waals surface area contributed by atoms with Crippen LogP contribution in [0.3, 0.4) is 0 Å². The first-order valence-electron chi connectivity index (χ1n) is 8.33. The summed E-state index contributed by atoms with van der Waals surface area (Å²) in [6.45, 7) is -0.256. The minimum atomic E-state index is -0.516. The number of ketones is 1. The van der Waals surface area contributed by atoms with Crippen LogP contribution in [0, 0.1) is 0 Å². The van der Waals surface area contributed by atoms with Gasteiger partial charge in [0.2, 0.25) is 0 Å². The average Bonchev–Trinajstić information content (AvgIpc) is 3.31. The monoisotopic (exact) mass is 360 g/mol. The zero-order chi connectivity index (χ0) is 17.9. The van der Waals surface area contributed by atoms with E-state index in [1.807, 2.05) is 47.8 Å². The van der Waals surface area contributed by atoms with E-state index in [2.05, 4.69) is 12.1 Å². The van der Waals surface area contributed by atoms with Gasteiger partial charge in [-0.25, -0.2) is 4.79 Å². The molecule has 2 aromatic carbocycles. The predicted molar refractivity (Wildman–Crippen MR) is 103 cm³/mol. The third-order valence-corrected chi connectivity index (χ3v) is 5.23. The predicted octanol–water partition coefficient (Wildman–Crippen LogP) is 4.76. The molecule has 1 aromatic heterocycles. The molecule has 0 bridgehead atoms. The zero-order valence-corrected chi connectivity index (χ0v) is 14.8. The molecule has 1 aliphatic carbocycles. The van der Waals surface area contributed by atoms with Gasteiger partial charge in [0.15, 0.2) is 12.4 Å². The number of carbonyl (C=O) groups excluding carboxylic acids is 2. The van der Waals surface area contributed by atoms with Crippen LogP contribution in [0.25, 0.3) is 17.2 Å². The van der Waals surface area contributed by atoms with Crippen LogP contribution in [0.5, 0.6) is 0 Å². The highest BCUT2D eigenvalue weighted by atomic mass is 32.1. The quantitative estimate of drug-likeness (QED) is 0.293. The van der Waals surface area contributed by atoms with Crippen LogP contribution in [0.1, 0.15) is 26.4 Å². The number of rotatable bonds is 5. The van der Waals surface area contributed by atoms with Crippen LogP contribution < -0.4 is 0 Å². The van der Waals surface area contributed by atoms with E-state index in [0.717, 1.165) is 16.9 Å². The van der Waals surface area contributed by atoms with Gasteiger partial charge in [-0.2, -0.15) is 0 Å². The highest BCUT2D eigenvalue weighted by Crippen LogP contribution is 2.36. The minimum absolute atomic E-state index is 0.199. The van der Waals surface area contributed by atoms with Gasteiger partial charge in [-0.1, -0.05) is 42.5 Å². The van der Waals surface area contributed by atoms with Crippen molar-refractivity contribution in [2.24, 2.45) is 0 Å². The van der Waals surface area contributed by atoms with Crippen LogP contribution in [-0.4, -0.2) is 18.4 Å². The number of fused-ring (bicyclic) bond motifs is 3. The van der Waals surface area contributed by atoms with Crippen molar-refractivity contribution in [3.05, 3.63) is 87.6 Å². The van der Waals surface area contributed by atoms with Gasteiger partial charge in [0.05, 0.1) is 0 Å². The smallest absolute Gasteiger partial charge is 0.331 e. The highest BCUT2D eigenvalue weighted by Gasteiger charge is 2.19. The molecule has 1 heterocycles. The number of esters is 1. The number of ether oxygens (including phenoxy) is 1. The number of carbonyl (C=O) groups is 2. The number of Topliss-reactive ketones (excluding diaryl/α,β-unsaturated/α-hetero) is 1. The second kappa shape index (κ2) is 7.10. The second-order valence-electron chi connectivity index (χ2n) is 6.09. The van der Waals surface area contributed by atoms with E-state index in [9.17, 15) is 9.59 Å². The lowest BCUT2D eigenvalue weighted by Crippen LogP contribution is -2.12. The maximum Gasteiger partial charge on any atom is 0.331 e. The van der Waals surface area contributed by atoms with Gasteiger partial charge < -0.3 is 4.74 Å². The number of benzene rings is 2. The Kier molecular flexibility index (Phi) is 4.50. The molecule has 4 rings (SSSR count). The normalized spacial score (nSPS) is 12.0. The molecule has 0 radical (unpaired) electrons. The highest BCUT2D eigenvalue weighted by molar-refractivity contribution is 7.10. The molecule has 0 N–H and O–H groups in total. The van der Waals surface area contributed by atoms with Crippen LogP contribution in [0.2, 0.25) is 0 Å². The zero-order valence-electron chi connectivity index (χ0n) is 14.0. The summed E-state index contributed by atoms with van der Waals surface area (Å²) in [4.78, 5) is 25.1. The first kappa shape index (κ1) is 16.5. The van der Waals surface area contributed by atoms with E-state index >= 15 is 0 Å². The molecule has 0 amide bonds. The molecule has 26 heavy (non-hydrogen) atoms. The lowest BCUT2D eigenvalue weighted by atomic mass is 10.0. The molecule has 3 nitrogen and oxygen atoms in total. The summed E-state index contributed by atoms with van der Waals surface area (Å²) < 4.78 is 5.07. The van der Waals surface area contributed by atoms with Crippen molar-refractivity contribution in [2.45, 2.75) is 6.42 Å². The van der Waals surface area contributed by atoms with Crippen LogP contribution in [-0.2, 0) is 16.0 Å². The van der Waals surface area contributed by atoms with Crippen molar-refractivity contribution < 1.29 is 14.3 Å². The van der Waals surface area contributed by atoms with E-state index < -0.39 is 5.97 Å². The number of hydrogen-bond acceptors (Lipinski definition) is 4. The fourth-order valence-electron chi connectivity index (χ4n) is 3.10. The number of thiophene rings is 1. The third kappa shape index (κ3) is 3.37. The van der Waals surface area contributed by atoms with Gasteiger partial charge >= 0.3 is 5.97 Å². The first-order valence-corrected chi connectivity index (χ1v) is 9.21. The summed E-state index contributed by atoms with van der Waals surface area (Å²) in [6.07, 6.45) is 3.92. The first-order chi connectivity index (χ1) is 12.7. The Bertz CT molecular complexity index is 1000. The van der Waals surface area contributed by atoms with Gasteiger partial charge in [-0.3, -0.25) is 4.79 Å². The van der Waals surface area contributed by atoms with E-state index in [-0.39, 0.29) is 12.4 Å². The Morgan fingerprint density at radius 2 is 1.85 bits per heavy atom. The fraction of sp³-hybridized carbons (Fsp3) is 0.0909. The van der Waals surface area contributed by atoms with Gasteiger partial charge in [0.25, 0.3) is 0 Å². The van der Waals surface area contributed by atoms with Crippen molar-refractivity contribution in [3.8, 4) is 11.1 Å². The average molecular weight is 360 g/mol. The molecule has 0 atom stereocenters. The Morgan fingerprint density at radius 1 is 1.00 bits per heavy atom. The summed E-state index contributed by atoms with van der Waals surface area (Å²) in [5.74, 6) is -0.715. The van der Waals surface area contributed by atoms with Crippen molar-refractivity contribution in [1.82, 2.24) is 0 Å². The molecule has 128 valence electrons. The van der Waals surface area contributed by atoms with Gasteiger partial charge in [0, 0.05) is 16.5 Å². The van der Waals surface area contributed by atoms with E-state index in [4.69, 9.17) is 4.74 Å². The molecule has 1 aliphatic rings. The fourth-order valence-corrected chi connectivity index (χ4v) is 3.72. The molecule has 0 aliphatic heterocycles. The van der Waals surface area contributed by atoms with Gasteiger partial charge in [-0.05, 0) is 52.3 Å². The van der Waals surface area contributed by atoms with E-state index in [1.165, 1.54) is 34.1 Å². The van der Waals surface area contributed by atoms with Crippen LogP contribution in [0.15, 0.2) is 66.1 Å². The maximum absolute atomic E-state index is 12.4. The molecule has 0 saturated heterocycles. The Balaban J connectivity index is 1.43. The number of hydrogen-bond donors (Lipinski definition) is 0. The Morgan fingerprint density at radius 3 is 2.69 bits per heavy atom. The molecule has 0 fully saturated rings. The molecule has 0 unspecified atom stereocenters. The van der Waals surface area contributed by atoms with Crippen molar-refractivity contribution in [1.29, 1.82) is 0 Å². The summed E-state index contributed by atoms with van der Waals surface area (Å²) in [5.41, 5.74) is 5.33. The maximum atomic E-state index is 12.4. The summed E-state index contributed by atoms with van der Waals surface area (Å²) in [5, 5.41) is 1.93. The van der Waals surface area contributed by atoms with Gasteiger partial charge in [0.1, 0.15) is 0 Å². The molecule has 0 spiro atoms. The Labute approximate surface area is 155 Å². The lowest BCUT2D eigenvalue weighted by Gasteiger charge is -2.05. The molecular weight excluding hydrogens is 344 g/mol. The van der Waals surface area contributed by atoms with Crippen molar-refractivity contribution in [2.75, 3.05) is 6.61 Å². The van der Waals surface area contributed by atoms with Crippen LogP contribution in [0.4, 0.5) is 0 Å². The van der Waals surface area contributed by atoms with E-state index in [0.29, 0.717) is 5.56 Å². The molecule has 4 heteroatoms. The standard InChI is InChI=1S/C22H16O3S/c23-21(14-25-22(24)10-9-18-5-3-11-26-18)17-8-7-16-12-15-4-1-2-6-19(15)20(16)13-17/h1-11,13H,12,14H2/b10-9+. The third-order valence-electron chi connectivity index (χ3n) is 4.39. The topological polar surface area (TPSA) is 43.4 Å². The Hall–Kier alpha value is -2.98. The van der Waals surface area contributed by atoms with Crippen molar-refractivity contribution in [3.63, 3.8) is 0 Å².